The van der Waals surface area contributed by atoms with Gasteiger partial charge < -0.3 is 15.4 Å². The van der Waals surface area contributed by atoms with Gasteiger partial charge in [-0.05, 0) is 20.3 Å². The first-order valence-corrected chi connectivity index (χ1v) is 7.14. The van der Waals surface area contributed by atoms with Gasteiger partial charge in [-0.2, -0.15) is 0 Å². The minimum atomic E-state index is -0.711. The van der Waals surface area contributed by atoms with Gasteiger partial charge in [-0.15, -0.1) is 0 Å². The quantitative estimate of drug-likeness (QED) is 0.751. The highest BCUT2D eigenvalue weighted by molar-refractivity contribution is 7.80. The number of amides is 1. The van der Waals surface area contributed by atoms with Gasteiger partial charge in [0.1, 0.15) is 5.60 Å². The van der Waals surface area contributed by atoms with Crippen molar-refractivity contribution >= 4 is 23.1 Å². The Balaban J connectivity index is 2.59. The molecule has 1 heterocycles. The Bertz CT molecular complexity index is 337. The monoisotopic (exact) mass is 287 g/mol. The van der Waals surface area contributed by atoms with Crippen molar-refractivity contribution in [3.8, 4) is 0 Å². The Labute approximate surface area is 121 Å². The topological polar surface area (TPSA) is 58.8 Å². The third kappa shape index (κ3) is 3.64. The Morgan fingerprint density at radius 1 is 1.42 bits per heavy atom. The molecule has 5 nitrogen and oxygen atoms in total. The van der Waals surface area contributed by atoms with E-state index in [1.54, 1.807) is 7.11 Å². The largest absolute Gasteiger partial charge is 0.392 e. The highest BCUT2D eigenvalue weighted by Gasteiger charge is 2.36. The number of hydrogen-bond acceptors (Lipinski definition) is 4. The number of carbonyl (C=O) groups is 1. The van der Waals surface area contributed by atoms with E-state index in [2.05, 4.69) is 4.90 Å². The number of thiocarbonyl (C=S) groups is 1. The summed E-state index contributed by atoms with van der Waals surface area (Å²) in [5.74, 6) is 0.0696. The summed E-state index contributed by atoms with van der Waals surface area (Å²) in [6.07, 6.45) is 0.672. The maximum Gasteiger partial charge on any atom is 0.254 e. The van der Waals surface area contributed by atoms with Crippen LogP contribution in [0.1, 0.15) is 27.2 Å². The fraction of sp³-hybridized carbons (Fsp3) is 0.846. The van der Waals surface area contributed by atoms with E-state index in [9.17, 15) is 4.79 Å². The molecule has 0 saturated carbocycles. The maximum absolute atomic E-state index is 12.4. The van der Waals surface area contributed by atoms with Crippen molar-refractivity contribution in [1.29, 1.82) is 0 Å². The zero-order valence-corrected chi connectivity index (χ0v) is 13.1. The van der Waals surface area contributed by atoms with Crippen LogP contribution in [0.3, 0.4) is 0 Å². The van der Waals surface area contributed by atoms with Crippen LogP contribution < -0.4 is 5.73 Å². The summed E-state index contributed by atoms with van der Waals surface area (Å²) in [6, 6.07) is 0.0900. The zero-order chi connectivity index (χ0) is 14.6. The van der Waals surface area contributed by atoms with E-state index in [1.165, 1.54) is 0 Å². The first kappa shape index (κ1) is 16.3. The standard InChI is InChI=1S/C13H25N3O2S/c1-5-13(3,18-4)12(17)16-8-6-15(7-9-16)10(2)11(14)19/h10H,5-9H2,1-4H3,(H2,14,19). The van der Waals surface area contributed by atoms with Gasteiger partial charge in [0.05, 0.1) is 11.0 Å². The SMILES string of the molecule is CCC(C)(OC)C(=O)N1CCN(C(C)C(N)=S)CC1. The lowest BCUT2D eigenvalue weighted by molar-refractivity contribution is -0.155. The molecule has 0 aromatic carbocycles. The van der Waals surface area contributed by atoms with Crippen LogP contribution in [0.2, 0.25) is 0 Å². The summed E-state index contributed by atoms with van der Waals surface area (Å²) in [6.45, 7) is 8.81. The van der Waals surface area contributed by atoms with Crippen molar-refractivity contribution in [2.24, 2.45) is 5.73 Å². The van der Waals surface area contributed by atoms with E-state index < -0.39 is 5.60 Å². The Morgan fingerprint density at radius 3 is 2.32 bits per heavy atom. The maximum atomic E-state index is 12.4. The van der Waals surface area contributed by atoms with E-state index in [-0.39, 0.29) is 11.9 Å². The highest BCUT2D eigenvalue weighted by Crippen LogP contribution is 2.19. The van der Waals surface area contributed by atoms with Gasteiger partial charge in [0, 0.05) is 33.3 Å². The second-order valence-electron chi connectivity index (χ2n) is 5.20. The molecular weight excluding hydrogens is 262 g/mol. The van der Waals surface area contributed by atoms with E-state index in [1.807, 2.05) is 25.7 Å². The third-order valence-electron chi connectivity index (χ3n) is 4.14. The van der Waals surface area contributed by atoms with E-state index in [4.69, 9.17) is 22.7 Å². The first-order chi connectivity index (χ1) is 8.85. The van der Waals surface area contributed by atoms with Crippen molar-refractivity contribution in [2.45, 2.75) is 38.8 Å². The lowest BCUT2D eigenvalue weighted by Gasteiger charge is -2.40. The van der Waals surface area contributed by atoms with Crippen molar-refractivity contribution in [2.75, 3.05) is 33.3 Å². The highest BCUT2D eigenvalue weighted by atomic mass is 32.1. The van der Waals surface area contributed by atoms with E-state index in [0.29, 0.717) is 24.5 Å². The van der Waals surface area contributed by atoms with Gasteiger partial charge >= 0.3 is 0 Å². The number of nitrogens with two attached hydrogens (primary N) is 1. The van der Waals surface area contributed by atoms with Crippen molar-refractivity contribution < 1.29 is 9.53 Å². The molecule has 1 amide bonds. The van der Waals surface area contributed by atoms with Crippen LogP contribution in [0, 0.1) is 0 Å². The fourth-order valence-corrected chi connectivity index (χ4v) is 2.36. The third-order valence-corrected chi connectivity index (χ3v) is 4.48. The number of piperazine rings is 1. The molecular formula is C13H25N3O2S. The molecule has 0 aromatic rings. The van der Waals surface area contributed by atoms with Crippen LogP contribution in [0.25, 0.3) is 0 Å². The predicted molar refractivity (Wildman–Crippen MR) is 80.1 cm³/mol. The molecule has 19 heavy (non-hydrogen) atoms. The van der Waals surface area contributed by atoms with Crippen LogP contribution in [0.15, 0.2) is 0 Å². The van der Waals surface area contributed by atoms with Crippen molar-refractivity contribution in [3.05, 3.63) is 0 Å². The Morgan fingerprint density at radius 2 is 1.95 bits per heavy atom. The van der Waals surface area contributed by atoms with Gasteiger partial charge in [-0.25, -0.2) is 0 Å². The average Bonchev–Trinajstić information content (AvgIpc) is 2.44. The van der Waals surface area contributed by atoms with E-state index >= 15 is 0 Å². The van der Waals surface area contributed by atoms with Crippen LogP contribution in [0.5, 0.6) is 0 Å². The molecule has 110 valence electrons. The van der Waals surface area contributed by atoms with Crippen LogP contribution in [-0.4, -0.2) is 65.6 Å². The molecule has 2 N–H and O–H groups in total. The zero-order valence-electron chi connectivity index (χ0n) is 12.3. The molecule has 2 atom stereocenters. The molecule has 1 rings (SSSR count). The van der Waals surface area contributed by atoms with Gasteiger partial charge in [0.25, 0.3) is 5.91 Å². The number of hydrogen-bond donors (Lipinski definition) is 1. The van der Waals surface area contributed by atoms with Crippen LogP contribution >= 0.6 is 12.2 Å². The Hall–Kier alpha value is -0.720. The normalized spacial score (nSPS) is 21.8. The molecule has 2 unspecified atom stereocenters. The second kappa shape index (κ2) is 6.63. The number of nitrogens with zero attached hydrogens (tertiary/aromatic N) is 2. The predicted octanol–water partition coefficient (Wildman–Crippen LogP) is 0.620. The molecule has 0 spiro atoms. The van der Waals surface area contributed by atoms with Crippen molar-refractivity contribution in [3.63, 3.8) is 0 Å². The minimum absolute atomic E-state index is 0.0696. The summed E-state index contributed by atoms with van der Waals surface area (Å²) in [4.78, 5) is 17.0. The lowest BCUT2D eigenvalue weighted by Crippen LogP contribution is -2.57. The smallest absolute Gasteiger partial charge is 0.254 e. The fourth-order valence-electron chi connectivity index (χ4n) is 2.21. The average molecular weight is 287 g/mol. The molecule has 1 fully saturated rings. The molecule has 6 heteroatoms. The number of methoxy groups -OCH3 is 1. The molecule has 1 saturated heterocycles. The molecule has 0 bridgehead atoms. The molecule has 1 aliphatic rings. The van der Waals surface area contributed by atoms with Gasteiger partial charge in [0.15, 0.2) is 0 Å². The molecule has 0 aromatic heterocycles. The van der Waals surface area contributed by atoms with E-state index in [0.717, 1.165) is 13.1 Å². The van der Waals surface area contributed by atoms with Gasteiger partial charge in [0.2, 0.25) is 0 Å². The minimum Gasteiger partial charge on any atom is -0.392 e. The van der Waals surface area contributed by atoms with Gasteiger partial charge in [-0.3, -0.25) is 9.69 Å². The van der Waals surface area contributed by atoms with Crippen molar-refractivity contribution in [1.82, 2.24) is 9.80 Å². The summed E-state index contributed by atoms with van der Waals surface area (Å²) in [5, 5.41) is 0. The number of rotatable bonds is 5. The summed E-state index contributed by atoms with van der Waals surface area (Å²) in [7, 11) is 1.59. The molecule has 0 radical (unpaired) electrons. The lowest BCUT2D eigenvalue weighted by atomic mass is 10.0. The summed E-state index contributed by atoms with van der Waals surface area (Å²) >= 11 is 5.01. The summed E-state index contributed by atoms with van der Waals surface area (Å²) < 4.78 is 5.37. The second-order valence-corrected chi connectivity index (χ2v) is 5.67. The Kier molecular flexibility index (Phi) is 5.70. The molecule has 1 aliphatic heterocycles. The summed E-state index contributed by atoms with van der Waals surface area (Å²) in [5.41, 5.74) is 4.95. The van der Waals surface area contributed by atoms with Crippen LogP contribution in [0.4, 0.5) is 0 Å². The van der Waals surface area contributed by atoms with Gasteiger partial charge in [-0.1, -0.05) is 19.1 Å². The first-order valence-electron chi connectivity index (χ1n) is 6.73. The number of carbonyl (C=O) groups excluding carboxylic acids is 1. The molecule has 0 aliphatic carbocycles. The number of ether oxygens (including phenoxy) is 1. The van der Waals surface area contributed by atoms with Crippen LogP contribution in [-0.2, 0) is 9.53 Å².